The second kappa shape index (κ2) is 14.0. The Hall–Kier alpha value is -3.36. The number of unbranched alkanes of at least 4 members (excludes halogenated alkanes) is 1. The molecule has 0 fully saturated rings. The van der Waals surface area contributed by atoms with E-state index in [-0.39, 0.29) is 23.0 Å². The Morgan fingerprint density at radius 3 is 2.24 bits per heavy atom. The van der Waals surface area contributed by atoms with Crippen LogP contribution in [0.4, 0.5) is 5.69 Å². The largest absolute Gasteiger partial charge is 0.354 e. The molecule has 0 saturated carbocycles. The molecule has 38 heavy (non-hydrogen) atoms. The lowest BCUT2D eigenvalue weighted by molar-refractivity contribution is -0.138. The van der Waals surface area contributed by atoms with Gasteiger partial charge in [-0.15, -0.1) is 0 Å². The minimum absolute atomic E-state index is 0.0500. The Morgan fingerprint density at radius 1 is 0.947 bits per heavy atom. The maximum atomic E-state index is 13.8. The van der Waals surface area contributed by atoms with Crippen LogP contribution in [0.2, 0.25) is 5.02 Å². The molecule has 1 atom stereocenters. The molecule has 3 aromatic rings. The van der Waals surface area contributed by atoms with Crippen LogP contribution in [0.5, 0.6) is 0 Å². The zero-order valence-electron chi connectivity index (χ0n) is 21.7. The van der Waals surface area contributed by atoms with Crippen molar-refractivity contribution in [2.45, 2.75) is 44.0 Å². The van der Waals surface area contributed by atoms with Crippen LogP contribution < -0.4 is 9.62 Å². The molecule has 0 heterocycles. The number of hydrogen-bond acceptors (Lipinski definition) is 4. The molecule has 0 bridgehead atoms. The summed E-state index contributed by atoms with van der Waals surface area (Å²) in [5.41, 5.74) is 1.27. The van der Waals surface area contributed by atoms with Gasteiger partial charge in [0.2, 0.25) is 11.8 Å². The average Bonchev–Trinajstić information content (AvgIpc) is 2.92. The number of benzene rings is 3. The lowest BCUT2D eigenvalue weighted by Crippen LogP contribution is -2.52. The van der Waals surface area contributed by atoms with Crippen LogP contribution in [0.3, 0.4) is 0 Å². The van der Waals surface area contributed by atoms with Gasteiger partial charge in [-0.1, -0.05) is 79.5 Å². The van der Waals surface area contributed by atoms with Gasteiger partial charge in [-0.3, -0.25) is 13.9 Å². The van der Waals surface area contributed by atoms with E-state index in [0.717, 1.165) is 22.7 Å². The lowest BCUT2D eigenvalue weighted by atomic mass is 10.1. The Bertz CT molecular complexity index is 1300. The van der Waals surface area contributed by atoms with E-state index in [2.05, 4.69) is 5.32 Å². The van der Waals surface area contributed by atoms with Crippen molar-refractivity contribution in [1.82, 2.24) is 10.2 Å². The van der Waals surface area contributed by atoms with E-state index in [1.165, 1.54) is 23.1 Å². The molecule has 0 aliphatic heterocycles. The van der Waals surface area contributed by atoms with Gasteiger partial charge in [-0.05, 0) is 55.7 Å². The van der Waals surface area contributed by atoms with Crippen LogP contribution in [0.15, 0.2) is 89.8 Å². The van der Waals surface area contributed by atoms with Gasteiger partial charge in [-0.2, -0.15) is 0 Å². The highest BCUT2D eigenvalue weighted by atomic mass is 35.5. The highest BCUT2D eigenvalue weighted by molar-refractivity contribution is 7.92. The van der Waals surface area contributed by atoms with Crippen molar-refractivity contribution in [3.05, 3.63) is 95.5 Å². The number of carbonyl (C=O) groups is 2. The number of carbonyl (C=O) groups excluding carboxylic acids is 2. The fourth-order valence-corrected chi connectivity index (χ4v) is 5.60. The standard InChI is InChI=1S/C29H34ClN3O4S/c1-3-4-19-31-29(35)23(2)32(20-18-24-12-7-5-8-13-24)28(34)22-33(26-15-11-14-25(30)21-26)38(36,37)27-16-9-6-10-17-27/h5-17,21,23H,3-4,18-20,22H2,1-2H3,(H,31,35)/t23-/m1/s1. The summed E-state index contributed by atoms with van der Waals surface area (Å²) in [6.45, 7) is 3.97. The molecule has 202 valence electrons. The third kappa shape index (κ3) is 7.82. The predicted octanol–water partition coefficient (Wildman–Crippen LogP) is 4.91. The lowest BCUT2D eigenvalue weighted by Gasteiger charge is -2.32. The maximum absolute atomic E-state index is 13.8. The zero-order valence-corrected chi connectivity index (χ0v) is 23.3. The fourth-order valence-electron chi connectivity index (χ4n) is 3.99. The molecule has 1 N–H and O–H groups in total. The minimum Gasteiger partial charge on any atom is -0.354 e. The van der Waals surface area contributed by atoms with E-state index in [4.69, 9.17) is 11.6 Å². The van der Waals surface area contributed by atoms with Crippen LogP contribution in [0.1, 0.15) is 32.3 Å². The third-order valence-electron chi connectivity index (χ3n) is 6.19. The van der Waals surface area contributed by atoms with Crippen molar-refractivity contribution >= 4 is 39.1 Å². The molecule has 0 unspecified atom stereocenters. The SMILES string of the molecule is CCCCNC(=O)[C@@H](C)N(CCc1ccccc1)C(=O)CN(c1cccc(Cl)c1)S(=O)(=O)c1ccccc1. The van der Waals surface area contributed by atoms with Crippen LogP contribution in [-0.2, 0) is 26.0 Å². The van der Waals surface area contributed by atoms with Crippen molar-refractivity contribution < 1.29 is 18.0 Å². The van der Waals surface area contributed by atoms with Gasteiger partial charge in [0.05, 0.1) is 10.6 Å². The van der Waals surface area contributed by atoms with Gasteiger partial charge in [0, 0.05) is 18.1 Å². The number of sulfonamides is 1. The van der Waals surface area contributed by atoms with Crippen LogP contribution >= 0.6 is 11.6 Å². The van der Waals surface area contributed by atoms with Crippen molar-refractivity contribution in [2.24, 2.45) is 0 Å². The molecule has 3 rings (SSSR count). The number of nitrogens with zero attached hydrogens (tertiary/aromatic N) is 2. The van der Waals surface area contributed by atoms with E-state index in [0.29, 0.717) is 18.0 Å². The number of anilines is 1. The molecule has 2 amide bonds. The molecule has 0 radical (unpaired) electrons. The van der Waals surface area contributed by atoms with Crippen LogP contribution in [0, 0.1) is 0 Å². The first-order chi connectivity index (χ1) is 18.2. The fraction of sp³-hybridized carbons (Fsp3) is 0.310. The molecule has 0 aliphatic carbocycles. The number of hydrogen-bond donors (Lipinski definition) is 1. The molecule has 0 aliphatic rings. The molecule has 0 saturated heterocycles. The monoisotopic (exact) mass is 555 g/mol. The Labute approximate surface area is 230 Å². The van der Waals surface area contributed by atoms with E-state index >= 15 is 0 Å². The van der Waals surface area contributed by atoms with Crippen molar-refractivity contribution in [3.8, 4) is 0 Å². The third-order valence-corrected chi connectivity index (χ3v) is 8.21. The first kappa shape index (κ1) is 29.2. The minimum atomic E-state index is -4.10. The van der Waals surface area contributed by atoms with Crippen molar-refractivity contribution in [1.29, 1.82) is 0 Å². The van der Waals surface area contributed by atoms with Crippen molar-refractivity contribution in [3.63, 3.8) is 0 Å². The Balaban J connectivity index is 1.93. The summed E-state index contributed by atoms with van der Waals surface area (Å²) in [7, 11) is -4.10. The first-order valence-corrected chi connectivity index (χ1v) is 14.5. The molecule has 0 aromatic heterocycles. The van der Waals surface area contributed by atoms with Gasteiger partial charge < -0.3 is 10.2 Å². The Morgan fingerprint density at radius 2 is 1.61 bits per heavy atom. The van der Waals surface area contributed by atoms with Gasteiger partial charge in [0.15, 0.2) is 0 Å². The van der Waals surface area contributed by atoms with Crippen LogP contribution in [-0.4, -0.2) is 50.8 Å². The second-order valence-corrected chi connectivity index (χ2v) is 11.2. The topological polar surface area (TPSA) is 86.8 Å². The highest BCUT2D eigenvalue weighted by Crippen LogP contribution is 2.26. The molecular formula is C29H34ClN3O4S. The summed E-state index contributed by atoms with van der Waals surface area (Å²) in [5.74, 6) is -0.765. The normalized spacial score (nSPS) is 12.0. The molecule has 0 spiro atoms. The quantitative estimate of drug-likeness (QED) is 0.304. The van der Waals surface area contributed by atoms with E-state index in [1.54, 1.807) is 43.3 Å². The van der Waals surface area contributed by atoms with Gasteiger partial charge in [0.25, 0.3) is 10.0 Å². The smallest absolute Gasteiger partial charge is 0.264 e. The summed E-state index contributed by atoms with van der Waals surface area (Å²) in [6, 6.07) is 23.1. The average molecular weight is 556 g/mol. The van der Waals surface area contributed by atoms with Crippen molar-refractivity contribution in [2.75, 3.05) is 23.9 Å². The van der Waals surface area contributed by atoms with Gasteiger partial charge in [0.1, 0.15) is 12.6 Å². The second-order valence-electron chi connectivity index (χ2n) is 8.95. The molecule has 3 aromatic carbocycles. The number of rotatable bonds is 13. The predicted molar refractivity (Wildman–Crippen MR) is 152 cm³/mol. The first-order valence-electron chi connectivity index (χ1n) is 12.7. The summed E-state index contributed by atoms with van der Waals surface area (Å²) in [6.07, 6.45) is 2.27. The van der Waals surface area contributed by atoms with Gasteiger partial charge in [-0.25, -0.2) is 8.42 Å². The zero-order chi connectivity index (χ0) is 27.5. The summed E-state index contributed by atoms with van der Waals surface area (Å²) in [5, 5.41) is 3.22. The highest BCUT2D eigenvalue weighted by Gasteiger charge is 2.32. The number of nitrogens with one attached hydrogen (secondary N) is 1. The summed E-state index contributed by atoms with van der Waals surface area (Å²) < 4.78 is 28.4. The van der Waals surface area contributed by atoms with E-state index < -0.39 is 28.5 Å². The molecule has 7 nitrogen and oxygen atoms in total. The number of amides is 2. The summed E-state index contributed by atoms with van der Waals surface area (Å²) >= 11 is 6.18. The Kier molecular flexibility index (Phi) is 10.7. The van der Waals surface area contributed by atoms with Crippen LogP contribution in [0.25, 0.3) is 0 Å². The maximum Gasteiger partial charge on any atom is 0.264 e. The van der Waals surface area contributed by atoms with E-state index in [1.807, 2.05) is 37.3 Å². The summed E-state index contributed by atoms with van der Waals surface area (Å²) in [4.78, 5) is 28.2. The molecular weight excluding hydrogens is 522 g/mol. The van der Waals surface area contributed by atoms with Gasteiger partial charge >= 0.3 is 0 Å². The number of halogens is 1. The molecule has 9 heteroatoms. The van der Waals surface area contributed by atoms with E-state index in [9.17, 15) is 18.0 Å².